The Hall–Kier alpha value is -2.37. The molecule has 6 heteroatoms. The van der Waals surface area contributed by atoms with Gasteiger partial charge in [-0.3, -0.25) is 14.4 Å². The van der Waals surface area contributed by atoms with Gasteiger partial charge in [0, 0.05) is 45.1 Å². The molecule has 6 nitrogen and oxygen atoms in total. The first kappa shape index (κ1) is 18.0. The molecule has 2 saturated heterocycles. The Morgan fingerprint density at radius 2 is 1.48 bits per heavy atom. The molecule has 144 valence electrons. The fourth-order valence-corrected chi connectivity index (χ4v) is 4.18. The van der Waals surface area contributed by atoms with Crippen molar-refractivity contribution in [1.29, 1.82) is 0 Å². The predicted molar refractivity (Wildman–Crippen MR) is 101 cm³/mol. The average Bonchev–Trinajstić information content (AvgIpc) is 3.49. The van der Waals surface area contributed by atoms with Crippen LogP contribution >= 0.6 is 0 Å². The second kappa shape index (κ2) is 7.33. The lowest BCUT2D eigenvalue weighted by molar-refractivity contribution is -0.142. The molecule has 2 aliphatic heterocycles. The highest BCUT2D eigenvalue weighted by Crippen LogP contribution is 2.32. The van der Waals surface area contributed by atoms with E-state index in [4.69, 9.17) is 0 Å². The summed E-state index contributed by atoms with van der Waals surface area (Å²) in [5.74, 6) is 0.319. The molecular formula is C21H27N3O3. The van der Waals surface area contributed by atoms with Gasteiger partial charge in [-0.15, -0.1) is 0 Å². The fraction of sp³-hybridized carbons (Fsp3) is 0.571. The molecule has 1 aliphatic carbocycles. The van der Waals surface area contributed by atoms with Gasteiger partial charge < -0.3 is 14.7 Å². The molecule has 0 radical (unpaired) electrons. The van der Waals surface area contributed by atoms with E-state index in [0.29, 0.717) is 32.7 Å². The van der Waals surface area contributed by atoms with Gasteiger partial charge in [-0.1, -0.05) is 30.3 Å². The Morgan fingerprint density at radius 3 is 2.04 bits per heavy atom. The summed E-state index contributed by atoms with van der Waals surface area (Å²) in [6.45, 7) is 4.89. The number of carbonyl (C=O) groups is 3. The van der Waals surface area contributed by atoms with E-state index in [2.05, 4.69) is 0 Å². The summed E-state index contributed by atoms with van der Waals surface area (Å²) in [7, 11) is 0. The number of hydrogen-bond acceptors (Lipinski definition) is 3. The van der Waals surface area contributed by atoms with E-state index in [0.717, 1.165) is 18.4 Å². The lowest BCUT2D eigenvalue weighted by atomic mass is 10.1. The second-order valence-corrected chi connectivity index (χ2v) is 7.96. The summed E-state index contributed by atoms with van der Waals surface area (Å²) in [5.41, 5.74) is 1.09. The Bertz CT molecular complexity index is 723. The van der Waals surface area contributed by atoms with Crippen LogP contribution in [0.1, 0.15) is 37.8 Å². The van der Waals surface area contributed by atoms with E-state index < -0.39 is 0 Å². The zero-order valence-corrected chi connectivity index (χ0v) is 15.8. The van der Waals surface area contributed by atoms with Crippen LogP contribution in [0.3, 0.4) is 0 Å². The van der Waals surface area contributed by atoms with Crippen LogP contribution in [0.2, 0.25) is 0 Å². The number of piperazine rings is 1. The largest absolute Gasteiger partial charge is 0.339 e. The normalized spacial score (nSPS) is 24.3. The maximum absolute atomic E-state index is 12.9. The van der Waals surface area contributed by atoms with Gasteiger partial charge in [0.05, 0.1) is 12.0 Å². The SMILES string of the molecule is C[C@H](c1ccccc1)N1C[C@H](C(=O)N2CCN(C(=O)C3CC3)CC2)CC1=O. The number of hydrogen-bond donors (Lipinski definition) is 0. The van der Waals surface area contributed by atoms with Crippen molar-refractivity contribution < 1.29 is 14.4 Å². The van der Waals surface area contributed by atoms with E-state index in [1.54, 1.807) is 0 Å². The van der Waals surface area contributed by atoms with Crippen molar-refractivity contribution in [3.05, 3.63) is 35.9 Å². The number of likely N-dealkylation sites (tertiary alicyclic amines) is 1. The minimum atomic E-state index is -0.269. The molecule has 0 N–H and O–H groups in total. The van der Waals surface area contributed by atoms with Crippen LogP contribution in [0, 0.1) is 11.8 Å². The molecule has 2 heterocycles. The van der Waals surface area contributed by atoms with Gasteiger partial charge in [-0.25, -0.2) is 0 Å². The summed E-state index contributed by atoms with van der Waals surface area (Å²) in [5, 5.41) is 0. The minimum absolute atomic E-state index is 0.0236. The van der Waals surface area contributed by atoms with Crippen LogP contribution in [0.15, 0.2) is 30.3 Å². The third-order valence-corrected chi connectivity index (χ3v) is 6.09. The molecule has 0 aromatic heterocycles. The van der Waals surface area contributed by atoms with E-state index in [1.165, 1.54) is 0 Å². The number of carbonyl (C=O) groups excluding carboxylic acids is 3. The van der Waals surface area contributed by atoms with Crippen molar-refractivity contribution in [1.82, 2.24) is 14.7 Å². The molecule has 1 saturated carbocycles. The molecule has 3 amide bonds. The molecule has 4 rings (SSSR count). The smallest absolute Gasteiger partial charge is 0.228 e. The summed E-state index contributed by atoms with van der Waals surface area (Å²) in [6, 6.07) is 9.91. The Labute approximate surface area is 160 Å². The first-order valence-electron chi connectivity index (χ1n) is 9.96. The standard InChI is InChI=1S/C21H27N3O3/c1-15(16-5-3-2-4-6-16)24-14-18(13-19(24)25)21(27)23-11-9-22(10-12-23)20(26)17-7-8-17/h2-6,15,17-18H,7-14H2,1H3/t15-,18-/m1/s1. The zero-order valence-electron chi connectivity index (χ0n) is 15.8. The minimum Gasteiger partial charge on any atom is -0.339 e. The molecule has 27 heavy (non-hydrogen) atoms. The van der Waals surface area contributed by atoms with Crippen molar-refractivity contribution in [2.75, 3.05) is 32.7 Å². The topological polar surface area (TPSA) is 60.9 Å². The number of benzene rings is 1. The van der Waals surface area contributed by atoms with Gasteiger partial charge in [-0.05, 0) is 25.3 Å². The van der Waals surface area contributed by atoms with Gasteiger partial charge in [0.15, 0.2) is 0 Å². The third kappa shape index (κ3) is 3.70. The Balaban J connectivity index is 1.33. The molecule has 3 fully saturated rings. The number of rotatable bonds is 4. The summed E-state index contributed by atoms with van der Waals surface area (Å²) in [4.78, 5) is 43.1. The van der Waals surface area contributed by atoms with Gasteiger partial charge in [0.1, 0.15) is 0 Å². The first-order valence-corrected chi connectivity index (χ1v) is 9.96. The highest BCUT2D eigenvalue weighted by atomic mass is 16.2. The number of amides is 3. The molecule has 0 bridgehead atoms. The maximum Gasteiger partial charge on any atom is 0.228 e. The molecule has 1 aromatic rings. The van der Waals surface area contributed by atoms with Crippen LogP contribution in [0.25, 0.3) is 0 Å². The van der Waals surface area contributed by atoms with Crippen LogP contribution < -0.4 is 0 Å². The molecule has 0 spiro atoms. The molecule has 1 aromatic carbocycles. The molecule has 2 atom stereocenters. The third-order valence-electron chi connectivity index (χ3n) is 6.09. The van der Waals surface area contributed by atoms with E-state index in [1.807, 2.05) is 52.0 Å². The van der Waals surface area contributed by atoms with Crippen molar-refractivity contribution in [3.63, 3.8) is 0 Å². The summed E-state index contributed by atoms with van der Waals surface area (Å²) in [6.07, 6.45) is 2.31. The lowest BCUT2D eigenvalue weighted by Gasteiger charge is -2.36. The number of nitrogens with zero attached hydrogens (tertiary/aromatic N) is 3. The Morgan fingerprint density at radius 1 is 0.926 bits per heavy atom. The van der Waals surface area contributed by atoms with E-state index in [-0.39, 0.29) is 42.0 Å². The molecule has 3 aliphatic rings. The summed E-state index contributed by atoms with van der Waals surface area (Å²) >= 11 is 0. The maximum atomic E-state index is 12.9. The van der Waals surface area contributed by atoms with Crippen LogP contribution in [-0.2, 0) is 14.4 Å². The highest BCUT2D eigenvalue weighted by molar-refractivity contribution is 5.89. The van der Waals surface area contributed by atoms with Crippen molar-refractivity contribution in [2.45, 2.75) is 32.2 Å². The quantitative estimate of drug-likeness (QED) is 0.811. The van der Waals surface area contributed by atoms with Crippen molar-refractivity contribution in [2.24, 2.45) is 11.8 Å². The van der Waals surface area contributed by atoms with Crippen molar-refractivity contribution >= 4 is 17.7 Å². The Kier molecular flexibility index (Phi) is 4.89. The monoisotopic (exact) mass is 369 g/mol. The van der Waals surface area contributed by atoms with Gasteiger partial charge in [0.2, 0.25) is 17.7 Å². The van der Waals surface area contributed by atoms with Gasteiger partial charge >= 0.3 is 0 Å². The van der Waals surface area contributed by atoms with E-state index >= 15 is 0 Å². The van der Waals surface area contributed by atoms with Crippen LogP contribution in [-0.4, -0.2) is 65.1 Å². The average molecular weight is 369 g/mol. The van der Waals surface area contributed by atoms with Crippen LogP contribution in [0.5, 0.6) is 0 Å². The second-order valence-electron chi connectivity index (χ2n) is 7.96. The fourth-order valence-electron chi connectivity index (χ4n) is 4.18. The lowest BCUT2D eigenvalue weighted by Crippen LogP contribution is -2.52. The van der Waals surface area contributed by atoms with Crippen LogP contribution in [0.4, 0.5) is 0 Å². The molecular weight excluding hydrogens is 342 g/mol. The zero-order chi connectivity index (χ0) is 19.0. The van der Waals surface area contributed by atoms with E-state index in [9.17, 15) is 14.4 Å². The highest BCUT2D eigenvalue weighted by Gasteiger charge is 2.40. The molecule has 0 unspecified atom stereocenters. The van der Waals surface area contributed by atoms with Gasteiger partial charge in [-0.2, -0.15) is 0 Å². The first-order chi connectivity index (χ1) is 13.0. The summed E-state index contributed by atoms with van der Waals surface area (Å²) < 4.78 is 0. The van der Waals surface area contributed by atoms with Gasteiger partial charge in [0.25, 0.3) is 0 Å². The predicted octanol–water partition coefficient (Wildman–Crippen LogP) is 1.68. The van der Waals surface area contributed by atoms with Crippen molar-refractivity contribution in [3.8, 4) is 0 Å².